The highest BCUT2D eigenvalue weighted by Gasteiger charge is 2.38. The van der Waals surface area contributed by atoms with Gasteiger partial charge >= 0.3 is 0 Å². The summed E-state index contributed by atoms with van der Waals surface area (Å²) in [5.74, 6) is -0.198. The molecule has 3 rings (SSSR count). The van der Waals surface area contributed by atoms with Gasteiger partial charge in [0.05, 0.1) is 10.9 Å². The van der Waals surface area contributed by atoms with E-state index in [1.807, 2.05) is 13.0 Å². The lowest BCUT2D eigenvalue weighted by Crippen LogP contribution is -2.38. The standard InChI is InChI=1S/C20H21NO3S/c1-15-10-12-18(13-11-15)25(23,24)21-14-6-9-19(21)16(2)20(22)17-7-4-3-5-8-17/h3-5,7-8,10-13,19H,2,6,9,14H2,1H3. The lowest BCUT2D eigenvalue weighted by atomic mass is 9.98. The molecular formula is C20H21NO3S. The SMILES string of the molecule is C=C(C(=O)c1ccccc1)C1CCCN1S(=O)(=O)c1ccc(C)cc1. The molecule has 2 aromatic rings. The van der Waals surface area contributed by atoms with E-state index in [4.69, 9.17) is 0 Å². The van der Waals surface area contributed by atoms with Crippen LogP contribution in [-0.2, 0) is 10.0 Å². The fraction of sp³-hybridized carbons (Fsp3) is 0.250. The van der Waals surface area contributed by atoms with E-state index in [0.29, 0.717) is 24.1 Å². The number of nitrogens with zero attached hydrogens (tertiary/aromatic N) is 1. The molecule has 25 heavy (non-hydrogen) atoms. The molecule has 1 heterocycles. The van der Waals surface area contributed by atoms with Gasteiger partial charge in [-0.15, -0.1) is 0 Å². The number of carbonyl (C=O) groups is 1. The predicted molar refractivity (Wildman–Crippen MR) is 98.0 cm³/mol. The highest BCUT2D eigenvalue weighted by atomic mass is 32.2. The summed E-state index contributed by atoms with van der Waals surface area (Å²) >= 11 is 0. The van der Waals surface area contributed by atoms with Gasteiger partial charge in [-0.05, 0) is 31.9 Å². The summed E-state index contributed by atoms with van der Waals surface area (Å²) in [5, 5.41) is 0. The molecule has 0 saturated carbocycles. The molecule has 0 N–H and O–H groups in total. The van der Waals surface area contributed by atoms with Crippen LogP contribution in [0.1, 0.15) is 28.8 Å². The van der Waals surface area contributed by atoms with Gasteiger partial charge in [0.25, 0.3) is 0 Å². The molecule has 0 spiro atoms. The Hall–Kier alpha value is -2.24. The molecule has 1 saturated heterocycles. The molecule has 1 fully saturated rings. The normalized spacial score (nSPS) is 18.2. The first-order chi connectivity index (χ1) is 11.9. The van der Waals surface area contributed by atoms with Crippen molar-refractivity contribution in [2.75, 3.05) is 6.54 Å². The molecule has 4 nitrogen and oxygen atoms in total. The number of rotatable bonds is 5. The maximum absolute atomic E-state index is 13.0. The monoisotopic (exact) mass is 355 g/mol. The molecule has 1 aliphatic heterocycles. The van der Waals surface area contributed by atoms with Gasteiger partial charge in [-0.2, -0.15) is 4.31 Å². The van der Waals surface area contributed by atoms with Crippen LogP contribution >= 0.6 is 0 Å². The molecule has 0 amide bonds. The first kappa shape index (κ1) is 17.6. The largest absolute Gasteiger partial charge is 0.289 e. The summed E-state index contributed by atoms with van der Waals surface area (Å²) in [6.45, 7) is 6.25. The van der Waals surface area contributed by atoms with Crippen LogP contribution in [-0.4, -0.2) is 31.1 Å². The number of hydrogen-bond donors (Lipinski definition) is 0. The number of Topliss-reactive ketones (excluding diaryl/α,β-unsaturated/α-hetero) is 1. The number of benzene rings is 2. The molecule has 0 aromatic heterocycles. The van der Waals surface area contributed by atoms with Gasteiger partial charge in [-0.1, -0.05) is 54.6 Å². The Morgan fingerprint density at radius 1 is 1.08 bits per heavy atom. The predicted octanol–water partition coefficient (Wildman–Crippen LogP) is 3.59. The van der Waals surface area contributed by atoms with Crippen molar-refractivity contribution in [1.82, 2.24) is 4.31 Å². The summed E-state index contributed by atoms with van der Waals surface area (Å²) < 4.78 is 27.4. The van der Waals surface area contributed by atoms with Gasteiger partial charge in [0.1, 0.15) is 0 Å². The van der Waals surface area contributed by atoms with Crippen LogP contribution in [0.25, 0.3) is 0 Å². The number of carbonyl (C=O) groups excluding carboxylic acids is 1. The molecule has 0 radical (unpaired) electrons. The second kappa shape index (κ2) is 6.94. The number of hydrogen-bond acceptors (Lipinski definition) is 3. The van der Waals surface area contributed by atoms with Crippen molar-refractivity contribution in [3.05, 3.63) is 77.9 Å². The highest BCUT2D eigenvalue weighted by molar-refractivity contribution is 7.89. The minimum atomic E-state index is -3.65. The van der Waals surface area contributed by atoms with E-state index in [1.165, 1.54) is 4.31 Å². The van der Waals surface area contributed by atoms with Gasteiger partial charge in [0, 0.05) is 17.7 Å². The van der Waals surface area contributed by atoms with Crippen LogP contribution in [0, 0.1) is 6.92 Å². The summed E-state index contributed by atoms with van der Waals surface area (Å²) in [6.07, 6.45) is 1.33. The van der Waals surface area contributed by atoms with Crippen LogP contribution in [0.3, 0.4) is 0 Å². The van der Waals surface area contributed by atoms with Crippen LogP contribution in [0.2, 0.25) is 0 Å². The molecule has 1 unspecified atom stereocenters. The van der Waals surface area contributed by atoms with Gasteiger partial charge < -0.3 is 0 Å². The van der Waals surface area contributed by atoms with E-state index in [1.54, 1.807) is 48.5 Å². The Bertz CT molecular complexity index is 886. The van der Waals surface area contributed by atoms with Crippen LogP contribution < -0.4 is 0 Å². The summed E-state index contributed by atoms with van der Waals surface area (Å²) in [4.78, 5) is 12.9. The van der Waals surface area contributed by atoms with E-state index in [9.17, 15) is 13.2 Å². The zero-order valence-electron chi connectivity index (χ0n) is 14.2. The molecule has 0 bridgehead atoms. The van der Waals surface area contributed by atoms with Gasteiger partial charge in [-0.3, -0.25) is 4.79 Å². The van der Waals surface area contributed by atoms with Gasteiger partial charge in [-0.25, -0.2) is 8.42 Å². The van der Waals surface area contributed by atoms with E-state index in [-0.39, 0.29) is 10.7 Å². The first-order valence-electron chi connectivity index (χ1n) is 8.28. The van der Waals surface area contributed by atoms with E-state index in [0.717, 1.165) is 12.0 Å². The topological polar surface area (TPSA) is 54.5 Å². The Kier molecular flexibility index (Phi) is 4.88. The Morgan fingerprint density at radius 3 is 2.36 bits per heavy atom. The molecule has 1 atom stereocenters. The summed E-state index contributed by atoms with van der Waals surface area (Å²) in [5.41, 5.74) is 1.87. The van der Waals surface area contributed by atoms with Crippen molar-refractivity contribution in [3.8, 4) is 0 Å². The van der Waals surface area contributed by atoms with E-state index < -0.39 is 16.1 Å². The van der Waals surface area contributed by atoms with Crippen LogP contribution in [0.4, 0.5) is 0 Å². The van der Waals surface area contributed by atoms with Crippen LogP contribution in [0.5, 0.6) is 0 Å². The smallest absolute Gasteiger partial charge is 0.243 e. The molecule has 2 aromatic carbocycles. The maximum Gasteiger partial charge on any atom is 0.243 e. The molecule has 1 aliphatic rings. The number of sulfonamides is 1. The minimum absolute atomic E-state index is 0.198. The molecule has 0 aliphatic carbocycles. The molecule has 130 valence electrons. The second-order valence-electron chi connectivity index (χ2n) is 6.31. The lowest BCUT2D eigenvalue weighted by Gasteiger charge is -2.25. The minimum Gasteiger partial charge on any atom is -0.289 e. The molecular weight excluding hydrogens is 334 g/mol. The average Bonchev–Trinajstić information content (AvgIpc) is 3.12. The van der Waals surface area contributed by atoms with Crippen molar-refractivity contribution >= 4 is 15.8 Å². The lowest BCUT2D eigenvalue weighted by molar-refractivity contribution is 0.102. The zero-order chi connectivity index (χ0) is 18.0. The van der Waals surface area contributed by atoms with E-state index in [2.05, 4.69) is 6.58 Å². The zero-order valence-corrected chi connectivity index (χ0v) is 15.0. The third-order valence-corrected chi connectivity index (χ3v) is 6.48. The third-order valence-electron chi connectivity index (χ3n) is 4.56. The van der Waals surface area contributed by atoms with Crippen molar-refractivity contribution in [1.29, 1.82) is 0 Å². The third kappa shape index (κ3) is 3.43. The number of ketones is 1. The highest BCUT2D eigenvalue weighted by Crippen LogP contribution is 2.31. The van der Waals surface area contributed by atoms with Crippen molar-refractivity contribution in [2.24, 2.45) is 0 Å². The van der Waals surface area contributed by atoms with Crippen molar-refractivity contribution in [2.45, 2.75) is 30.7 Å². The quantitative estimate of drug-likeness (QED) is 0.608. The van der Waals surface area contributed by atoms with Crippen molar-refractivity contribution < 1.29 is 13.2 Å². The van der Waals surface area contributed by atoms with Gasteiger partial charge in [0.2, 0.25) is 10.0 Å². The average molecular weight is 355 g/mol. The van der Waals surface area contributed by atoms with Crippen molar-refractivity contribution in [3.63, 3.8) is 0 Å². The van der Waals surface area contributed by atoms with Gasteiger partial charge in [0.15, 0.2) is 5.78 Å². The van der Waals surface area contributed by atoms with E-state index >= 15 is 0 Å². The second-order valence-corrected chi connectivity index (χ2v) is 8.20. The summed E-state index contributed by atoms with van der Waals surface area (Å²) in [6, 6.07) is 15.2. The Labute approximate surface area is 148 Å². The Morgan fingerprint density at radius 2 is 1.72 bits per heavy atom. The Balaban J connectivity index is 1.88. The first-order valence-corrected chi connectivity index (χ1v) is 9.72. The summed E-state index contributed by atoms with van der Waals surface area (Å²) in [7, 11) is -3.65. The fourth-order valence-corrected chi connectivity index (χ4v) is 4.84. The molecule has 5 heteroatoms. The fourth-order valence-electron chi connectivity index (χ4n) is 3.15. The van der Waals surface area contributed by atoms with Crippen LogP contribution in [0.15, 0.2) is 71.6 Å². The number of aryl methyl sites for hydroxylation is 1. The maximum atomic E-state index is 13.0.